The van der Waals surface area contributed by atoms with Gasteiger partial charge in [-0.05, 0) is 31.4 Å². The van der Waals surface area contributed by atoms with Crippen LogP contribution in [0.25, 0.3) is 0 Å². The zero-order valence-electron chi connectivity index (χ0n) is 9.06. The van der Waals surface area contributed by atoms with Crippen LogP contribution in [0.15, 0.2) is 23.1 Å². The van der Waals surface area contributed by atoms with E-state index in [1.54, 1.807) is 22.9 Å². The van der Waals surface area contributed by atoms with E-state index in [2.05, 4.69) is 0 Å². The van der Waals surface area contributed by atoms with Crippen LogP contribution in [0.1, 0.15) is 24.8 Å². The second-order valence-corrected chi connectivity index (χ2v) is 3.96. The monoisotopic (exact) mass is 218 g/mol. The summed E-state index contributed by atoms with van der Waals surface area (Å²) in [5.74, 6) is 0. The Morgan fingerprint density at radius 1 is 1.62 bits per heavy atom. The molecule has 0 aliphatic carbocycles. The topological polar surface area (TPSA) is 55.0 Å². The summed E-state index contributed by atoms with van der Waals surface area (Å²) >= 11 is 0. The van der Waals surface area contributed by atoms with Gasteiger partial charge in [-0.2, -0.15) is 5.26 Å². The van der Waals surface area contributed by atoms with E-state index >= 15 is 0 Å². The number of ether oxygens (including phenoxy) is 1. The number of hydrogen-bond donors (Lipinski definition) is 0. The molecule has 1 saturated heterocycles. The lowest BCUT2D eigenvalue weighted by atomic mass is 10.2. The molecule has 0 spiro atoms. The lowest BCUT2D eigenvalue weighted by Crippen LogP contribution is -2.23. The maximum atomic E-state index is 11.7. The van der Waals surface area contributed by atoms with Crippen LogP contribution in [-0.4, -0.2) is 17.3 Å². The highest BCUT2D eigenvalue weighted by Crippen LogP contribution is 2.15. The summed E-state index contributed by atoms with van der Waals surface area (Å²) in [4.78, 5) is 11.7. The SMILES string of the molecule is N#Cc1cccn(CCC2CCCO2)c1=O. The molecule has 2 rings (SSSR count). The molecule has 84 valence electrons. The van der Waals surface area contributed by atoms with Crippen molar-refractivity contribution in [3.8, 4) is 6.07 Å². The molecular weight excluding hydrogens is 204 g/mol. The minimum Gasteiger partial charge on any atom is -0.378 e. The fourth-order valence-corrected chi connectivity index (χ4v) is 1.95. The first-order valence-electron chi connectivity index (χ1n) is 5.52. The van der Waals surface area contributed by atoms with Crippen LogP contribution >= 0.6 is 0 Å². The number of nitriles is 1. The number of pyridine rings is 1. The smallest absolute Gasteiger partial charge is 0.268 e. The van der Waals surface area contributed by atoms with E-state index in [1.807, 2.05) is 6.07 Å². The van der Waals surface area contributed by atoms with E-state index in [-0.39, 0.29) is 17.2 Å². The van der Waals surface area contributed by atoms with Crippen molar-refractivity contribution in [2.45, 2.75) is 31.9 Å². The molecule has 1 atom stereocenters. The van der Waals surface area contributed by atoms with E-state index in [4.69, 9.17) is 10.00 Å². The predicted molar refractivity (Wildman–Crippen MR) is 59.0 cm³/mol. The Morgan fingerprint density at radius 3 is 3.19 bits per heavy atom. The maximum Gasteiger partial charge on any atom is 0.268 e. The fraction of sp³-hybridized carbons (Fsp3) is 0.500. The second-order valence-electron chi connectivity index (χ2n) is 3.96. The Hall–Kier alpha value is -1.60. The zero-order chi connectivity index (χ0) is 11.4. The predicted octanol–water partition coefficient (Wildman–Crippen LogP) is 1.29. The van der Waals surface area contributed by atoms with Crippen LogP contribution in [0.2, 0.25) is 0 Å². The molecule has 4 nitrogen and oxygen atoms in total. The molecule has 16 heavy (non-hydrogen) atoms. The highest BCUT2D eigenvalue weighted by atomic mass is 16.5. The Labute approximate surface area is 94.1 Å². The Bertz CT molecular complexity index is 453. The molecule has 1 aromatic heterocycles. The van der Waals surface area contributed by atoms with Crippen molar-refractivity contribution in [3.05, 3.63) is 34.2 Å². The Morgan fingerprint density at radius 2 is 2.50 bits per heavy atom. The lowest BCUT2D eigenvalue weighted by molar-refractivity contribution is 0.100. The molecule has 0 saturated carbocycles. The van der Waals surface area contributed by atoms with Crippen molar-refractivity contribution < 1.29 is 4.74 Å². The molecule has 1 aliphatic rings. The van der Waals surface area contributed by atoms with Crippen molar-refractivity contribution >= 4 is 0 Å². The van der Waals surface area contributed by atoms with Gasteiger partial charge in [0.1, 0.15) is 11.6 Å². The van der Waals surface area contributed by atoms with Gasteiger partial charge in [-0.15, -0.1) is 0 Å². The van der Waals surface area contributed by atoms with Crippen molar-refractivity contribution in [3.63, 3.8) is 0 Å². The molecule has 4 heteroatoms. The first-order valence-corrected chi connectivity index (χ1v) is 5.52. The van der Waals surface area contributed by atoms with E-state index in [1.165, 1.54) is 0 Å². The highest BCUT2D eigenvalue weighted by molar-refractivity contribution is 5.24. The summed E-state index contributed by atoms with van der Waals surface area (Å²) in [6.07, 6.45) is 5.02. The molecular formula is C12H14N2O2. The molecule has 0 radical (unpaired) electrons. The van der Waals surface area contributed by atoms with Gasteiger partial charge in [-0.3, -0.25) is 4.79 Å². The quantitative estimate of drug-likeness (QED) is 0.768. The number of aromatic nitrogens is 1. The molecule has 0 amide bonds. The van der Waals surface area contributed by atoms with Crippen molar-refractivity contribution in [2.24, 2.45) is 0 Å². The molecule has 0 N–H and O–H groups in total. The third kappa shape index (κ3) is 2.31. The van der Waals surface area contributed by atoms with Gasteiger partial charge in [-0.1, -0.05) is 0 Å². The third-order valence-electron chi connectivity index (χ3n) is 2.86. The van der Waals surface area contributed by atoms with Crippen LogP contribution in [0.5, 0.6) is 0 Å². The summed E-state index contributed by atoms with van der Waals surface area (Å²) in [6, 6.07) is 5.18. The highest BCUT2D eigenvalue weighted by Gasteiger charge is 2.15. The van der Waals surface area contributed by atoms with Crippen LogP contribution in [0.3, 0.4) is 0 Å². The standard InChI is InChI=1S/C12H14N2O2/c13-9-10-3-1-6-14(12(10)15)7-5-11-4-2-8-16-11/h1,3,6,11H,2,4-5,7-8H2. The van der Waals surface area contributed by atoms with Gasteiger partial charge >= 0.3 is 0 Å². The Kier molecular flexibility index (Phi) is 3.37. The average molecular weight is 218 g/mol. The summed E-state index contributed by atoms with van der Waals surface area (Å²) in [6.45, 7) is 1.46. The van der Waals surface area contributed by atoms with Gasteiger partial charge in [0.2, 0.25) is 0 Å². The number of aryl methyl sites for hydroxylation is 1. The molecule has 1 unspecified atom stereocenters. The summed E-state index contributed by atoms with van der Waals surface area (Å²) in [5.41, 5.74) is -0.00200. The van der Waals surface area contributed by atoms with Gasteiger partial charge in [0.05, 0.1) is 6.10 Å². The van der Waals surface area contributed by atoms with Gasteiger partial charge in [-0.25, -0.2) is 0 Å². The van der Waals surface area contributed by atoms with Gasteiger partial charge < -0.3 is 9.30 Å². The number of hydrogen-bond acceptors (Lipinski definition) is 3. The van der Waals surface area contributed by atoms with Crippen LogP contribution in [0.4, 0.5) is 0 Å². The lowest BCUT2D eigenvalue weighted by Gasteiger charge is -2.10. The second kappa shape index (κ2) is 4.95. The molecule has 1 fully saturated rings. The minimum atomic E-state index is -0.206. The van der Waals surface area contributed by atoms with E-state index in [0.29, 0.717) is 6.54 Å². The normalized spacial score (nSPS) is 19.6. The van der Waals surface area contributed by atoms with Crippen molar-refractivity contribution in [1.29, 1.82) is 5.26 Å². The van der Waals surface area contributed by atoms with Gasteiger partial charge in [0, 0.05) is 19.3 Å². The fourth-order valence-electron chi connectivity index (χ4n) is 1.95. The van der Waals surface area contributed by atoms with Crippen molar-refractivity contribution in [1.82, 2.24) is 4.57 Å². The van der Waals surface area contributed by atoms with Crippen LogP contribution in [0, 0.1) is 11.3 Å². The summed E-state index contributed by atoms with van der Waals surface area (Å²) in [7, 11) is 0. The first-order chi connectivity index (χ1) is 7.81. The molecule has 0 bridgehead atoms. The number of nitrogens with zero attached hydrogens (tertiary/aromatic N) is 2. The summed E-state index contributed by atoms with van der Waals surface area (Å²) < 4.78 is 7.07. The van der Waals surface area contributed by atoms with Crippen LogP contribution in [-0.2, 0) is 11.3 Å². The van der Waals surface area contributed by atoms with Gasteiger partial charge in [0.25, 0.3) is 5.56 Å². The minimum absolute atomic E-state index is 0.204. The van der Waals surface area contributed by atoms with E-state index in [9.17, 15) is 4.79 Å². The average Bonchev–Trinajstić information content (AvgIpc) is 2.81. The van der Waals surface area contributed by atoms with E-state index < -0.39 is 0 Å². The molecule has 1 aliphatic heterocycles. The summed E-state index contributed by atoms with van der Waals surface area (Å²) in [5, 5.41) is 8.73. The Balaban J connectivity index is 2.04. The van der Waals surface area contributed by atoms with Crippen molar-refractivity contribution in [2.75, 3.05) is 6.61 Å². The largest absolute Gasteiger partial charge is 0.378 e. The molecule has 2 heterocycles. The van der Waals surface area contributed by atoms with Crippen LogP contribution < -0.4 is 5.56 Å². The number of rotatable bonds is 3. The first kappa shape index (κ1) is 10.9. The third-order valence-corrected chi connectivity index (χ3v) is 2.86. The van der Waals surface area contributed by atoms with E-state index in [0.717, 1.165) is 25.9 Å². The maximum absolute atomic E-state index is 11.7. The molecule has 1 aromatic rings. The molecule has 0 aromatic carbocycles. The zero-order valence-corrected chi connectivity index (χ0v) is 9.06. The van der Waals surface area contributed by atoms with Gasteiger partial charge in [0.15, 0.2) is 0 Å².